The molecule has 0 fully saturated rings. The molecule has 0 aliphatic rings. The van der Waals surface area contributed by atoms with Crippen molar-refractivity contribution >= 4 is 22.5 Å². The molecular weight excluding hydrogens is 356 g/mol. The van der Waals surface area contributed by atoms with Crippen molar-refractivity contribution in [2.45, 2.75) is 13.5 Å². The summed E-state index contributed by atoms with van der Waals surface area (Å²) >= 11 is 0. The summed E-state index contributed by atoms with van der Waals surface area (Å²) in [6.45, 7) is 3.21. The Balaban J connectivity index is 1.55. The van der Waals surface area contributed by atoms with Gasteiger partial charge < -0.3 is 14.6 Å². The highest BCUT2D eigenvalue weighted by Gasteiger charge is 2.11. The van der Waals surface area contributed by atoms with E-state index in [-0.39, 0.29) is 5.91 Å². The number of carbonyl (C=O) groups excluding carboxylic acids is 1. The van der Waals surface area contributed by atoms with E-state index in [2.05, 4.69) is 25.4 Å². The normalized spacial score (nSPS) is 11.1. The van der Waals surface area contributed by atoms with Gasteiger partial charge in [-0.3, -0.25) is 4.79 Å². The number of hydrogen-bond acceptors (Lipinski definition) is 5. The first-order valence-electron chi connectivity index (χ1n) is 8.91. The number of aryl methyl sites for hydroxylation is 1. The fourth-order valence-electron chi connectivity index (χ4n) is 3.14. The lowest BCUT2D eigenvalue weighted by molar-refractivity contribution is 0.102. The number of aromatic nitrogens is 5. The molecule has 0 saturated carbocycles. The molecule has 0 radical (unpaired) electrons. The van der Waals surface area contributed by atoms with E-state index < -0.39 is 0 Å². The van der Waals surface area contributed by atoms with E-state index in [0.29, 0.717) is 18.0 Å². The van der Waals surface area contributed by atoms with Crippen LogP contribution >= 0.6 is 0 Å². The SMILES string of the molecule is COCCn1ccc2c(NC(=O)c3ccc(-n4nnnc4C)cc3)cccc21. The van der Waals surface area contributed by atoms with Gasteiger partial charge in [-0.15, -0.1) is 5.10 Å². The first-order valence-corrected chi connectivity index (χ1v) is 8.91. The lowest BCUT2D eigenvalue weighted by Gasteiger charge is -2.09. The van der Waals surface area contributed by atoms with Gasteiger partial charge in [-0.25, -0.2) is 0 Å². The summed E-state index contributed by atoms with van der Waals surface area (Å²) in [4.78, 5) is 12.7. The van der Waals surface area contributed by atoms with Crippen LogP contribution in [0.15, 0.2) is 54.7 Å². The van der Waals surface area contributed by atoms with E-state index in [1.165, 1.54) is 0 Å². The quantitative estimate of drug-likeness (QED) is 0.559. The van der Waals surface area contributed by atoms with Gasteiger partial charge in [0, 0.05) is 30.8 Å². The molecule has 0 bridgehead atoms. The minimum absolute atomic E-state index is 0.169. The molecule has 1 amide bonds. The summed E-state index contributed by atoms with van der Waals surface area (Å²) < 4.78 is 8.88. The fourth-order valence-corrected chi connectivity index (χ4v) is 3.14. The number of benzene rings is 2. The summed E-state index contributed by atoms with van der Waals surface area (Å²) in [6, 6.07) is 15.0. The highest BCUT2D eigenvalue weighted by Crippen LogP contribution is 2.25. The molecular formula is C20H20N6O2. The molecule has 0 aliphatic carbocycles. The Kier molecular flexibility index (Phi) is 4.86. The Hall–Kier alpha value is -3.52. The summed E-state index contributed by atoms with van der Waals surface area (Å²) in [7, 11) is 1.68. The number of nitrogens with zero attached hydrogens (tertiary/aromatic N) is 5. The summed E-state index contributed by atoms with van der Waals surface area (Å²) in [5.74, 6) is 0.513. The number of ether oxygens (including phenoxy) is 1. The number of anilines is 1. The second kappa shape index (κ2) is 7.61. The van der Waals surface area contributed by atoms with Crippen LogP contribution < -0.4 is 5.32 Å². The van der Waals surface area contributed by atoms with Gasteiger partial charge in [0.25, 0.3) is 5.91 Å². The Labute approximate surface area is 161 Å². The maximum atomic E-state index is 12.7. The number of hydrogen-bond donors (Lipinski definition) is 1. The zero-order chi connectivity index (χ0) is 19.5. The molecule has 8 heteroatoms. The van der Waals surface area contributed by atoms with Crippen LogP contribution in [0.2, 0.25) is 0 Å². The second-order valence-corrected chi connectivity index (χ2v) is 6.38. The predicted octanol–water partition coefficient (Wildman–Crippen LogP) is 2.82. The van der Waals surface area contributed by atoms with Gasteiger partial charge in [0.2, 0.25) is 0 Å². The van der Waals surface area contributed by atoms with Crippen molar-refractivity contribution in [1.29, 1.82) is 0 Å². The van der Waals surface area contributed by atoms with E-state index in [4.69, 9.17) is 4.74 Å². The molecule has 4 aromatic rings. The number of tetrazole rings is 1. The molecule has 8 nitrogen and oxygen atoms in total. The van der Waals surface area contributed by atoms with Gasteiger partial charge in [-0.1, -0.05) is 6.07 Å². The minimum atomic E-state index is -0.169. The van der Waals surface area contributed by atoms with Crippen molar-refractivity contribution in [3.63, 3.8) is 0 Å². The molecule has 2 aromatic heterocycles. The third-order valence-corrected chi connectivity index (χ3v) is 4.60. The van der Waals surface area contributed by atoms with Crippen LogP contribution in [-0.2, 0) is 11.3 Å². The van der Waals surface area contributed by atoms with E-state index >= 15 is 0 Å². The molecule has 2 heterocycles. The third-order valence-electron chi connectivity index (χ3n) is 4.60. The van der Waals surface area contributed by atoms with Crippen molar-refractivity contribution < 1.29 is 9.53 Å². The van der Waals surface area contributed by atoms with Crippen LogP contribution in [0.25, 0.3) is 16.6 Å². The molecule has 0 saturated heterocycles. The van der Waals surface area contributed by atoms with E-state index in [0.717, 1.165) is 28.8 Å². The number of rotatable bonds is 6. The monoisotopic (exact) mass is 376 g/mol. The number of amides is 1. The molecule has 0 spiro atoms. The topological polar surface area (TPSA) is 86.9 Å². The van der Waals surface area contributed by atoms with Crippen molar-refractivity contribution in [2.75, 3.05) is 19.0 Å². The Bertz CT molecular complexity index is 1110. The molecule has 0 aliphatic heterocycles. The average Bonchev–Trinajstić information content (AvgIpc) is 3.33. The molecule has 28 heavy (non-hydrogen) atoms. The standard InChI is InChI=1S/C20H20N6O2/c1-14-22-23-24-26(14)16-8-6-15(7-9-16)20(27)21-18-4-3-5-19-17(18)10-11-25(19)12-13-28-2/h3-11H,12-13H2,1-2H3,(H,21,27). The van der Waals surface area contributed by atoms with Crippen LogP contribution in [0.3, 0.4) is 0 Å². The van der Waals surface area contributed by atoms with Crippen LogP contribution in [-0.4, -0.2) is 44.4 Å². The van der Waals surface area contributed by atoms with Crippen molar-refractivity contribution in [3.05, 3.63) is 66.1 Å². The Morgan fingerprint density at radius 2 is 1.96 bits per heavy atom. The van der Waals surface area contributed by atoms with E-state index in [9.17, 15) is 4.79 Å². The van der Waals surface area contributed by atoms with E-state index in [1.54, 1.807) is 23.9 Å². The summed E-state index contributed by atoms with van der Waals surface area (Å²) in [5, 5.41) is 15.4. The number of methoxy groups -OCH3 is 1. The highest BCUT2D eigenvalue weighted by molar-refractivity contribution is 6.08. The maximum Gasteiger partial charge on any atom is 0.255 e. The van der Waals surface area contributed by atoms with Gasteiger partial charge in [-0.2, -0.15) is 4.68 Å². The van der Waals surface area contributed by atoms with Gasteiger partial charge in [0.05, 0.1) is 23.5 Å². The maximum absolute atomic E-state index is 12.7. The van der Waals surface area contributed by atoms with Crippen LogP contribution in [0, 0.1) is 6.92 Å². The lowest BCUT2D eigenvalue weighted by Crippen LogP contribution is -2.12. The lowest BCUT2D eigenvalue weighted by atomic mass is 10.1. The van der Waals surface area contributed by atoms with Gasteiger partial charge >= 0.3 is 0 Å². The molecule has 1 N–H and O–H groups in total. The summed E-state index contributed by atoms with van der Waals surface area (Å²) in [5.41, 5.74) is 3.19. The zero-order valence-electron chi connectivity index (χ0n) is 15.7. The Morgan fingerprint density at radius 3 is 2.68 bits per heavy atom. The number of carbonyl (C=O) groups is 1. The second-order valence-electron chi connectivity index (χ2n) is 6.38. The zero-order valence-corrected chi connectivity index (χ0v) is 15.7. The van der Waals surface area contributed by atoms with E-state index in [1.807, 2.05) is 49.5 Å². The van der Waals surface area contributed by atoms with Crippen molar-refractivity contribution in [2.24, 2.45) is 0 Å². The molecule has 4 rings (SSSR count). The van der Waals surface area contributed by atoms with Crippen molar-refractivity contribution in [1.82, 2.24) is 24.8 Å². The highest BCUT2D eigenvalue weighted by atomic mass is 16.5. The largest absolute Gasteiger partial charge is 0.383 e. The predicted molar refractivity (Wildman–Crippen MR) is 106 cm³/mol. The van der Waals surface area contributed by atoms with Gasteiger partial charge in [0.15, 0.2) is 5.82 Å². The first kappa shape index (κ1) is 17.9. The molecule has 0 unspecified atom stereocenters. The Morgan fingerprint density at radius 1 is 1.14 bits per heavy atom. The fraction of sp³-hybridized carbons (Fsp3) is 0.200. The smallest absolute Gasteiger partial charge is 0.255 e. The molecule has 142 valence electrons. The van der Waals surface area contributed by atoms with Gasteiger partial charge in [0.1, 0.15) is 0 Å². The number of fused-ring (bicyclic) bond motifs is 1. The minimum Gasteiger partial charge on any atom is -0.383 e. The average molecular weight is 376 g/mol. The summed E-state index contributed by atoms with van der Waals surface area (Å²) in [6.07, 6.45) is 2.00. The molecule has 2 aromatic carbocycles. The van der Waals surface area contributed by atoms with Crippen LogP contribution in [0.4, 0.5) is 5.69 Å². The first-order chi connectivity index (χ1) is 13.7. The van der Waals surface area contributed by atoms with Crippen molar-refractivity contribution in [3.8, 4) is 5.69 Å². The van der Waals surface area contributed by atoms with Crippen LogP contribution in [0.1, 0.15) is 16.2 Å². The third kappa shape index (κ3) is 3.37. The molecule has 0 atom stereocenters. The van der Waals surface area contributed by atoms with Crippen LogP contribution in [0.5, 0.6) is 0 Å². The van der Waals surface area contributed by atoms with Gasteiger partial charge in [-0.05, 0) is 59.8 Å². The number of nitrogens with one attached hydrogen (secondary N) is 1.